The van der Waals surface area contributed by atoms with Gasteiger partial charge in [0.05, 0.1) is 0 Å². The minimum absolute atomic E-state index is 0.166. The van der Waals surface area contributed by atoms with Crippen molar-refractivity contribution in [2.45, 2.75) is 49.5 Å². The number of allylic oxidation sites excluding steroid dienone is 2. The molecule has 0 amide bonds. The molecular formula is C14H19BrF2O. The first kappa shape index (κ1) is 14.2. The summed E-state index contributed by atoms with van der Waals surface area (Å²) in [5.41, 5.74) is 0.926. The van der Waals surface area contributed by atoms with Crippen LogP contribution in [0.4, 0.5) is 8.78 Å². The van der Waals surface area contributed by atoms with E-state index in [1.165, 1.54) is 12.2 Å². The zero-order valence-electron chi connectivity index (χ0n) is 10.5. The Morgan fingerprint density at radius 2 is 2.06 bits per heavy atom. The fourth-order valence-electron chi connectivity index (χ4n) is 2.65. The van der Waals surface area contributed by atoms with Crippen LogP contribution in [0.15, 0.2) is 23.8 Å². The molecule has 0 aromatic carbocycles. The highest BCUT2D eigenvalue weighted by atomic mass is 79.9. The first-order chi connectivity index (χ1) is 8.55. The quantitative estimate of drug-likeness (QED) is 0.697. The van der Waals surface area contributed by atoms with Gasteiger partial charge in [-0.05, 0) is 56.3 Å². The Hall–Kier alpha value is -0.220. The summed E-state index contributed by atoms with van der Waals surface area (Å²) in [6.07, 6.45) is 6.90. The Labute approximate surface area is 115 Å². The van der Waals surface area contributed by atoms with Crippen molar-refractivity contribution in [3.63, 3.8) is 0 Å². The summed E-state index contributed by atoms with van der Waals surface area (Å²) in [5, 5.41) is 0. The third kappa shape index (κ3) is 3.02. The normalized spacial score (nSPS) is 40.7. The Morgan fingerprint density at radius 1 is 1.39 bits per heavy atom. The molecule has 0 radical (unpaired) electrons. The van der Waals surface area contributed by atoms with Crippen molar-refractivity contribution in [3.8, 4) is 0 Å². The lowest BCUT2D eigenvalue weighted by Crippen LogP contribution is -2.37. The van der Waals surface area contributed by atoms with Crippen LogP contribution in [-0.2, 0) is 4.74 Å². The second-order valence-corrected chi connectivity index (χ2v) is 6.28. The summed E-state index contributed by atoms with van der Waals surface area (Å²) in [6.45, 7) is 1.83. The summed E-state index contributed by atoms with van der Waals surface area (Å²) < 4.78 is 32.8. The molecule has 18 heavy (non-hydrogen) atoms. The van der Waals surface area contributed by atoms with Crippen molar-refractivity contribution in [2.24, 2.45) is 5.92 Å². The highest BCUT2D eigenvalue weighted by molar-refractivity contribution is 9.09. The molecule has 0 bridgehead atoms. The predicted octanol–water partition coefficient (Wildman–Crippen LogP) is 4.48. The molecule has 1 nitrogen and oxygen atoms in total. The van der Waals surface area contributed by atoms with Gasteiger partial charge in [-0.1, -0.05) is 22.0 Å². The van der Waals surface area contributed by atoms with Gasteiger partial charge in [0.25, 0.3) is 5.85 Å². The van der Waals surface area contributed by atoms with E-state index in [2.05, 4.69) is 15.9 Å². The van der Waals surface area contributed by atoms with Crippen LogP contribution < -0.4 is 0 Å². The van der Waals surface area contributed by atoms with Gasteiger partial charge in [0.1, 0.15) is 0 Å². The topological polar surface area (TPSA) is 9.23 Å². The van der Waals surface area contributed by atoms with E-state index in [4.69, 9.17) is 4.74 Å². The third-order valence-corrected chi connectivity index (χ3v) is 4.63. The Balaban J connectivity index is 2.03. The van der Waals surface area contributed by atoms with Crippen molar-refractivity contribution in [2.75, 3.05) is 6.61 Å². The van der Waals surface area contributed by atoms with Crippen LogP contribution in [0.2, 0.25) is 0 Å². The van der Waals surface area contributed by atoms with Gasteiger partial charge in [-0.2, -0.15) is 0 Å². The van der Waals surface area contributed by atoms with Crippen LogP contribution in [-0.4, -0.2) is 23.5 Å². The van der Waals surface area contributed by atoms with Crippen LogP contribution in [0.5, 0.6) is 0 Å². The van der Waals surface area contributed by atoms with Crippen LogP contribution >= 0.6 is 15.9 Å². The van der Waals surface area contributed by atoms with Gasteiger partial charge < -0.3 is 4.74 Å². The maximum Gasteiger partial charge on any atom is 0.263 e. The van der Waals surface area contributed by atoms with Crippen LogP contribution in [0.3, 0.4) is 0 Å². The highest BCUT2D eigenvalue weighted by Gasteiger charge is 2.40. The van der Waals surface area contributed by atoms with E-state index in [1.54, 1.807) is 13.0 Å². The largest absolute Gasteiger partial charge is 0.340 e. The molecule has 2 unspecified atom stereocenters. The van der Waals surface area contributed by atoms with Crippen LogP contribution in [0, 0.1) is 5.92 Å². The minimum atomic E-state index is -2.27. The molecule has 0 saturated heterocycles. The summed E-state index contributed by atoms with van der Waals surface area (Å²) in [4.78, 5) is 0.576. The second kappa shape index (κ2) is 5.83. The minimum Gasteiger partial charge on any atom is -0.340 e. The predicted molar refractivity (Wildman–Crippen MR) is 72.3 cm³/mol. The summed E-state index contributed by atoms with van der Waals surface area (Å²) in [7, 11) is 0. The third-order valence-electron chi connectivity index (χ3n) is 3.71. The van der Waals surface area contributed by atoms with E-state index in [0.717, 1.165) is 31.3 Å². The zero-order chi connectivity index (χ0) is 13.2. The number of halogens is 3. The summed E-state index contributed by atoms with van der Waals surface area (Å²) in [5.74, 6) is -1.91. The summed E-state index contributed by atoms with van der Waals surface area (Å²) in [6, 6.07) is 0. The molecule has 1 saturated carbocycles. The second-order valence-electron chi connectivity index (χ2n) is 4.98. The Bertz CT molecular complexity index is 348. The molecule has 0 N–H and O–H groups in total. The van der Waals surface area contributed by atoms with Crippen molar-refractivity contribution in [1.29, 1.82) is 0 Å². The van der Waals surface area contributed by atoms with E-state index < -0.39 is 12.0 Å². The summed E-state index contributed by atoms with van der Waals surface area (Å²) >= 11 is 3.60. The fraction of sp³-hybridized carbons (Fsp3) is 0.714. The van der Waals surface area contributed by atoms with Crippen molar-refractivity contribution < 1.29 is 13.5 Å². The average Bonchev–Trinajstić information content (AvgIpc) is 2.34. The number of hydrogen-bond donors (Lipinski definition) is 0. The standard InChI is InChI=1S/C14H19BrF2O/c1-2-18-14(17)8-7-11(9-13(14)16)10-3-5-12(15)6-4-10/h7-10,12-13H,2-6H2,1H3. The highest BCUT2D eigenvalue weighted by Crippen LogP contribution is 2.38. The van der Waals surface area contributed by atoms with E-state index >= 15 is 0 Å². The number of ether oxygens (including phenoxy) is 1. The SMILES string of the molecule is CCOC1(F)C=CC(C2CCC(Br)CC2)=CC1F. The molecule has 2 rings (SSSR count). The Morgan fingerprint density at radius 3 is 2.61 bits per heavy atom. The first-order valence-electron chi connectivity index (χ1n) is 6.57. The lowest BCUT2D eigenvalue weighted by atomic mass is 9.81. The van der Waals surface area contributed by atoms with Crippen molar-refractivity contribution >= 4 is 15.9 Å². The lowest BCUT2D eigenvalue weighted by molar-refractivity contribution is -0.136. The molecule has 0 heterocycles. The van der Waals surface area contributed by atoms with Gasteiger partial charge in [0.15, 0.2) is 6.17 Å². The molecule has 102 valence electrons. The molecule has 0 aromatic rings. The molecule has 2 aliphatic rings. The monoisotopic (exact) mass is 320 g/mol. The Kier molecular flexibility index (Phi) is 4.59. The molecule has 4 heteroatoms. The molecule has 0 aromatic heterocycles. The van der Waals surface area contributed by atoms with Gasteiger partial charge in [-0.25, -0.2) is 8.78 Å². The van der Waals surface area contributed by atoms with E-state index in [9.17, 15) is 8.78 Å². The fourth-order valence-corrected chi connectivity index (χ4v) is 3.18. The molecule has 0 spiro atoms. The van der Waals surface area contributed by atoms with Gasteiger partial charge in [-0.15, -0.1) is 0 Å². The molecule has 2 aliphatic carbocycles. The van der Waals surface area contributed by atoms with Crippen molar-refractivity contribution in [1.82, 2.24) is 0 Å². The molecule has 2 atom stereocenters. The van der Waals surface area contributed by atoms with E-state index in [0.29, 0.717) is 10.7 Å². The lowest BCUT2D eigenvalue weighted by Gasteiger charge is -2.31. The maximum absolute atomic E-state index is 14.0. The first-order valence-corrected chi connectivity index (χ1v) is 7.48. The van der Waals surface area contributed by atoms with Gasteiger partial charge in [0, 0.05) is 11.4 Å². The van der Waals surface area contributed by atoms with Gasteiger partial charge in [0.2, 0.25) is 0 Å². The van der Waals surface area contributed by atoms with Gasteiger partial charge >= 0.3 is 0 Å². The number of rotatable bonds is 3. The number of hydrogen-bond acceptors (Lipinski definition) is 1. The van der Waals surface area contributed by atoms with Crippen LogP contribution in [0.1, 0.15) is 32.6 Å². The molecule has 1 fully saturated rings. The smallest absolute Gasteiger partial charge is 0.263 e. The van der Waals surface area contributed by atoms with E-state index in [1.807, 2.05) is 0 Å². The van der Waals surface area contributed by atoms with Crippen LogP contribution in [0.25, 0.3) is 0 Å². The molecular weight excluding hydrogens is 302 g/mol. The zero-order valence-corrected chi connectivity index (χ0v) is 12.1. The van der Waals surface area contributed by atoms with E-state index in [-0.39, 0.29) is 6.61 Å². The molecule has 0 aliphatic heterocycles. The van der Waals surface area contributed by atoms with Crippen molar-refractivity contribution in [3.05, 3.63) is 23.8 Å². The maximum atomic E-state index is 14.0. The number of alkyl halides is 3. The van der Waals surface area contributed by atoms with Gasteiger partial charge in [-0.3, -0.25) is 0 Å². The average molecular weight is 321 g/mol.